The summed E-state index contributed by atoms with van der Waals surface area (Å²) in [6.07, 6.45) is -5.06. The highest BCUT2D eigenvalue weighted by Crippen LogP contribution is 2.34. The van der Waals surface area contributed by atoms with Crippen molar-refractivity contribution in [3.63, 3.8) is 0 Å². The maximum Gasteiger partial charge on any atom is 0.573 e. The van der Waals surface area contributed by atoms with Crippen molar-refractivity contribution >= 4 is 17.6 Å². The fourth-order valence-corrected chi connectivity index (χ4v) is 1.39. The lowest BCUT2D eigenvalue weighted by molar-refractivity contribution is -0.274. The van der Waals surface area contributed by atoms with E-state index in [0.29, 0.717) is 0 Å². The van der Waals surface area contributed by atoms with Gasteiger partial charge >= 0.3 is 12.3 Å². The van der Waals surface area contributed by atoms with Gasteiger partial charge in [0.1, 0.15) is 11.6 Å². The molecule has 0 radical (unpaired) electrons. The van der Waals surface area contributed by atoms with Gasteiger partial charge in [0.05, 0.1) is 17.7 Å². The molecule has 0 atom stereocenters. The highest BCUT2D eigenvalue weighted by atomic mass is 35.5. The van der Waals surface area contributed by atoms with Crippen LogP contribution in [0.1, 0.15) is 15.9 Å². The van der Waals surface area contributed by atoms with Crippen molar-refractivity contribution in [2.75, 3.05) is 7.11 Å². The number of ether oxygens (including phenoxy) is 2. The van der Waals surface area contributed by atoms with Gasteiger partial charge in [-0.25, -0.2) is 4.79 Å². The van der Waals surface area contributed by atoms with E-state index in [1.165, 1.54) is 6.07 Å². The molecule has 0 spiro atoms. The second-order valence-corrected chi connectivity index (χ2v) is 3.36. The molecule has 1 aromatic carbocycles. The molecule has 0 aliphatic rings. The summed E-state index contributed by atoms with van der Waals surface area (Å²) in [4.78, 5) is 11.3. The lowest BCUT2D eigenvalue weighted by atomic mass is 10.1. The number of carbonyl (C=O) groups excluding carboxylic acids is 1. The highest BCUT2D eigenvalue weighted by molar-refractivity contribution is 6.34. The molecule has 0 heterocycles. The number of hydrogen-bond acceptors (Lipinski definition) is 4. The minimum absolute atomic E-state index is 0.305. The van der Waals surface area contributed by atoms with E-state index in [0.717, 1.165) is 19.2 Å². The molecule has 96 valence electrons. The molecule has 0 saturated heterocycles. The van der Waals surface area contributed by atoms with Gasteiger partial charge in [0.25, 0.3) is 0 Å². The Bertz CT molecular complexity index is 522. The SMILES string of the molecule is COC(=O)c1c(Cl)ccc(C#N)c1OC(F)(F)F. The van der Waals surface area contributed by atoms with E-state index < -0.39 is 29.2 Å². The quantitative estimate of drug-likeness (QED) is 0.781. The minimum atomic E-state index is -5.06. The van der Waals surface area contributed by atoms with E-state index in [1.54, 1.807) is 0 Å². The van der Waals surface area contributed by atoms with Crippen LogP contribution in [-0.2, 0) is 4.74 Å². The van der Waals surface area contributed by atoms with Crippen molar-refractivity contribution in [1.82, 2.24) is 0 Å². The third-order valence-corrected chi connectivity index (χ3v) is 2.15. The summed E-state index contributed by atoms with van der Waals surface area (Å²) >= 11 is 5.60. The van der Waals surface area contributed by atoms with Crippen molar-refractivity contribution in [2.45, 2.75) is 6.36 Å². The summed E-state index contributed by atoms with van der Waals surface area (Å²) in [5.41, 5.74) is -1.12. The molecule has 0 amide bonds. The maximum absolute atomic E-state index is 12.2. The van der Waals surface area contributed by atoms with Crippen molar-refractivity contribution in [3.05, 3.63) is 28.3 Å². The summed E-state index contributed by atoms with van der Waals surface area (Å²) < 4.78 is 44.6. The second kappa shape index (κ2) is 5.14. The number of carbonyl (C=O) groups is 1. The summed E-state index contributed by atoms with van der Waals surface area (Å²) in [5, 5.41) is 8.39. The third kappa shape index (κ3) is 3.05. The van der Waals surface area contributed by atoms with E-state index >= 15 is 0 Å². The molecule has 0 aliphatic carbocycles. The fraction of sp³-hybridized carbons (Fsp3) is 0.200. The normalized spacial score (nSPS) is 10.7. The van der Waals surface area contributed by atoms with Gasteiger partial charge in [0.15, 0.2) is 5.75 Å². The van der Waals surface area contributed by atoms with Crippen LogP contribution in [-0.4, -0.2) is 19.4 Å². The van der Waals surface area contributed by atoms with E-state index in [4.69, 9.17) is 16.9 Å². The molecule has 0 fully saturated rings. The second-order valence-electron chi connectivity index (χ2n) is 2.95. The number of alkyl halides is 3. The first-order valence-electron chi connectivity index (χ1n) is 4.36. The lowest BCUT2D eigenvalue weighted by Crippen LogP contribution is -2.20. The molecule has 0 bridgehead atoms. The first kappa shape index (κ1) is 14.1. The van der Waals surface area contributed by atoms with Crippen molar-refractivity contribution < 1.29 is 27.4 Å². The highest BCUT2D eigenvalue weighted by Gasteiger charge is 2.35. The van der Waals surface area contributed by atoms with Crippen LogP contribution < -0.4 is 4.74 Å². The number of nitrogens with zero attached hydrogens (tertiary/aromatic N) is 1. The van der Waals surface area contributed by atoms with Crippen LogP contribution in [0.4, 0.5) is 13.2 Å². The van der Waals surface area contributed by atoms with Gasteiger partial charge in [-0.05, 0) is 12.1 Å². The zero-order valence-electron chi connectivity index (χ0n) is 8.84. The Morgan fingerprint density at radius 3 is 2.50 bits per heavy atom. The molecule has 0 unspecified atom stereocenters. The van der Waals surface area contributed by atoms with Gasteiger partial charge in [-0.1, -0.05) is 11.6 Å². The van der Waals surface area contributed by atoms with Crippen molar-refractivity contribution in [1.29, 1.82) is 5.26 Å². The van der Waals surface area contributed by atoms with Gasteiger partial charge in [-0.2, -0.15) is 5.26 Å². The van der Waals surface area contributed by atoms with Gasteiger partial charge in [-0.3, -0.25) is 0 Å². The number of hydrogen-bond donors (Lipinski definition) is 0. The molecular formula is C10H5ClF3NO3. The smallest absolute Gasteiger partial charge is 0.465 e. The number of rotatable bonds is 2. The Morgan fingerprint density at radius 2 is 2.06 bits per heavy atom. The third-order valence-electron chi connectivity index (χ3n) is 1.83. The zero-order valence-corrected chi connectivity index (χ0v) is 9.59. The monoisotopic (exact) mass is 279 g/mol. The van der Waals surface area contributed by atoms with E-state index in [-0.39, 0.29) is 5.02 Å². The zero-order chi connectivity index (χ0) is 13.9. The molecule has 1 aromatic rings. The number of halogens is 4. The predicted octanol–water partition coefficient (Wildman–Crippen LogP) is 2.90. The Morgan fingerprint density at radius 1 is 1.44 bits per heavy atom. The number of benzene rings is 1. The Hall–Kier alpha value is -1.94. The Kier molecular flexibility index (Phi) is 4.03. The molecule has 1 rings (SSSR count). The van der Waals surface area contributed by atoms with Crippen molar-refractivity contribution in [2.24, 2.45) is 0 Å². The van der Waals surface area contributed by atoms with E-state index in [1.807, 2.05) is 0 Å². The molecule has 0 N–H and O–H groups in total. The summed E-state index contributed by atoms with van der Waals surface area (Å²) in [7, 11) is 0.967. The summed E-state index contributed by atoms with van der Waals surface area (Å²) in [5.74, 6) is -2.10. The van der Waals surface area contributed by atoms with Gasteiger partial charge in [-0.15, -0.1) is 13.2 Å². The average Bonchev–Trinajstić information content (AvgIpc) is 2.27. The maximum atomic E-state index is 12.2. The van der Waals surface area contributed by atoms with Crippen LogP contribution in [0, 0.1) is 11.3 Å². The van der Waals surface area contributed by atoms with Gasteiger partial charge < -0.3 is 9.47 Å². The standard InChI is InChI=1S/C10H5ClF3NO3/c1-17-9(16)7-6(11)3-2-5(4-15)8(7)18-10(12,13)14/h2-3H,1H3. The summed E-state index contributed by atoms with van der Waals surface area (Å²) in [6, 6.07) is 3.59. The molecule has 0 aromatic heterocycles. The van der Waals surface area contributed by atoms with Crippen LogP contribution >= 0.6 is 11.6 Å². The topological polar surface area (TPSA) is 59.3 Å². The van der Waals surface area contributed by atoms with E-state index in [9.17, 15) is 18.0 Å². The summed E-state index contributed by atoms with van der Waals surface area (Å²) in [6.45, 7) is 0. The first-order chi connectivity index (χ1) is 8.30. The Labute approximate surface area is 104 Å². The molecule has 4 nitrogen and oxygen atoms in total. The lowest BCUT2D eigenvalue weighted by Gasteiger charge is -2.14. The number of nitriles is 1. The molecule has 0 aliphatic heterocycles. The molecule has 0 saturated carbocycles. The average molecular weight is 280 g/mol. The molecule has 8 heteroatoms. The number of methoxy groups -OCH3 is 1. The minimum Gasteiger partial charge on any atom is -0.465 e. The van der Waals surface area contributed by atoms with Gasteiger partial charge in [0.2, 0.25) is 0 Å². The van der Waals surface area contributed by atoms with E-state index in [2.05, 4.69) is 9.47 Å². The number of esters is 1. The molecular weight excluding hydrogens is 275 g/mol. The van der Waals surface area contributed by atoms with Crippen LogP contribution in [0.5, 0.6) is 5.75 Å². The molecule has 18 heavy (non-hydrogen) atoms. The first-order valence-corrected chi connectivity index (χ1v) is 4.74. The largest absolute Gasteiger partial charge is 0.573 e. The Balaban J connectivity index is 3.47. The fourth-order valence-electron chi connectivity index (χ4n) is 1.16. The predicted molar refractivity (Wildman–Crippen MR) is 54.2 cm³/mol. The van der Waals surface area contributed by atoms with Crippen LogP contribution in [0.3, 0.4) is 0 Å². The van der Waals surface area contributed by atoms with Crippen LogP contribution in [0.25, 0.3) is 0 Å². The van der Waals surface area contributed by atoms with Crippen LogP contribution in [0.2, 0.25) is 5.02 Å². The van der Waals surface area contributed by atoms with Gasteiger partial charge in [0, 0.05) is 0 Å². The van der Waals surface area contributed by atoms with Crippen LogP contribution in [0.15, 0.2) is 12.1 Å². The van der Waals surface area contributed by atoms with Crippen molar-refractivity contribution in [3.8, 4) is 11.8 Å².